The molecule has 2 atom stereocenters. The largest absolute Gasteiger partial charge is 0.298 e. The molecule has 0 spiro atoms. The summed E-state index contributed by atoms with van der Waals surface area (Å²) in [5.74, 6) is 0. The SMILES string of the molecule is C=CCN1CCC(N2CCN(C(C)C)CC2)C[C@H]1C. The quantitative estimate of drug-likeness (QED) is 0.720. The van der Waals surface area contributed by atoms with Gasteiger partial charge in [-0.3, -0.25) is 14.7 Å². The Morgan fingerprint density at radius 1 is 1.16 bits per heavy atom. The maximum atomic E-state index is 3.87. The highest BCUT2D eigenvalue weighted by atomic mass is 15.3. The molecule has 0 radical (unpaired) electrons. The van der Waals surface area contributed by atoms with Crippen LogP contribution in [-0.4, -0.2) is 72.1 Å². The predicted molar refractivity (Wildman–Crippen MR) is 82.5 cm³/mol. The van der Waals surface area contributed by atoms with E-state index in [-0.39, 0.29) is 0 Å². The van der Waals surface area contributed by atoms with Crippen molar-refractivity contribution in [3.63, 3.8) is 0 Å². The van der Waals surface area contributed by atoms with Gasteiger partial charge >= 0.3 is 0 Å². The second-order valence-corrected chi connectivity index (χ2v) is 6.48. The van der Waals surface area contributed by atoms with Crippen LogP contribution in [0.2, 0.25) is 0 Å². The van der Waals surface area contributed by atoms with Gasteiger partial charge in [-0.15, -0.1) is 6.58 Å². The van der Waals surface area contributed by atoms with E-state index in [1.807, 2.05) is 6.08 Å². The predicted octanol–water partition coefficient (Wildman–Crippen LogP) is 2.05. The summed E-state index contributed by atoms with van der Waals surface area (Å²) in [5, 5.41) is 0. The number of rotatable bonds is 4. The third kappa shape index (κ3) is 3.80. The first-order valence-electron chi connectivity index (χ1n) is 7.95. The van der Waals surface area contributed by atoms with Crippen LogP contribution in [0, 0.1) is 0 Å². The molecule has 0 aromatic carbocycles. The van der Waals surface area contributed by atoms with E-state index < -0.39 is 0 Å². The second-order valence-electron chi connectivity index (χ2n) is 6.48. The minimum Gasteiger partial charge on any atom is -0.298 e. The van der Waals surface area contributed by atoms with Crippen LogP contribution in [0.15, 0.2) is 12.7 Å². The van der Waals surface area contributed by atoms with Gasteiger partial charge in [0.2, 0.25) is 0 Å². The van der Waals surface area contributed by atoms with Crippen LogP contribution in [-0.2, 0) is 0 Å². The van der Waals surface area contributed by atoms with Crippen LogP contribution in [0.4, 0.5) is 0 Å². The Morgan fingerprint density at radius 3 is 2.37 bits per heavy atom. The van der Waals surface area contributed by atoms with Crippen molar-refractivity contribution in [2.75, 3.05) is 39.3 Å². The Bertz CT molecular complexity index is 282. The highest BCUT2D eigenvalue weighted by Crippen LogP contribution is 2.23. The topological polar surface area (TPSA) is 9.72 Å². The van der Waals surface area contributed by atoms with E-state index >= 15 is 0 Å². The zero-order valence-electron chi connectivity index (χ0n) is 13.0. The molecule has 0 aromatic rings. The van der Waals surface area contributed by atoms with Crippen LogP contribution in [0.3, 0.4) is 0 Å². The van der Waals surface area contributed by atoms with Crippen molar-refractivity contribution in [1.29, 1.82) is 0 Å². The van der Waals surface area contributed by atoms with E-state index in [9.17, 15) is 0 Å². The first-order chi connectivity index (χ1) is 9.11. The number of piperidine rings is 1. The Morgan fingerprint density at radius 2 is 1.84 bits per heavy atom. The zero-order chi connectivity index (χ0) is 13.8. The number of piperazine rings is 1. The third-order valence-electron chi connectivity index (χ3n) is 4.95. The maximum Gasteiger partial charge on any atom is 0.0163 e. The van der Waals surface area contributed by atoms with Gasteiger partial charge in [0, 0.05) is 57.4 Å². The molecule has 2 aliphatic heterocycles. The molecule has 3 nitrogen and oxygen atoms in total. The number of likely N-dealkylation sites (tertiary alicyclic amines) is 1. The molecule has 2 heterocycles. The molecule has 19 heavy (non-hydrogen) atoms. The average Bonchev–Trinajstić information content (AvgIpc) is 2.41. The molecule has 1 unspecified atom stereocenters. The lowest BCUT2D eigenvalue weighted by atomic mass is 9.96. The van der Waals surface area contributed by atoms with Crippen LogP contribution in [0.25, 0.3) is 0 Å². The summed E-state index contributed by atoms with van der Waals surface area (Å²) in [4.78, 5) is 7.90. The van der Waals surface area contributed by atoms with Gasteiger partial charge < -0.3 is 0 Å². The van der Waals surface area contributed by atoms with Crippen LogP contribution >= 0.6 is 0 Å². The molecule has 0 saturated carbocycles. The van der Waals surface area contributed by atoms with E-state index in [1.165, 1.54) is 45.6 Å². The highest BCUT2D eigenvalue weighted by molar-refractivity contribution is 4.89. The van der Waals surface area contributed by atoms with Gasteiger partial charge in [-0.2, -0.15) is 0 Å². The van der Waals surface area contributed by atoms with Crippen molar-refractivity contribution in [2.45, 2.75) is 51.7 Å². The maximum absolute atomic E-state index is 3.87. The van der Waals surface area contributed by atoms with E-state index in [0.29, 0.717) is 12.1 Å². The van der Waals surface area contributed by atoms with E-state index in [4.69, 9.17) is 0 Å². The average molecular weight is 265 g/mol. The molecule has 2 fully saturated rings. The fourth-order valence-electron chi connectivity index (χ4n) is 3.58. The molecule has 2 aliphatic rings. The fourth-order valence-corrected chi connectivity index (χ4v) is 3.58. The second kappa shape index (κ2) is 6.87. The van der Waals surface area contributed by atoms with Crippen LogP contribution in [0.1, 0.15) is 33.6 Å². The number of hydrogen-bond donors (Lipinski definition) is 0. The Balaban J connectivity index is 1.80. The van der Waals surface area contributed by atoms with E-state index in [2.05, 4.69) is 42.0 Å². The van der Waals surface area contributed by atoms with Gasteiger partial charge in [0.25, 0.3) is 0 Å². The normalized spacial score (nSPS) is 31.8. The molecule has 0 amide bonds. The third-order valence-corrected chi connectivity index (χ3v) is 4.95. The molecule has 0 bridgehead atoms. The smallest absolute Gasteiger partial charge is 0.0163 e. The van der Waals surface area contributed by atoms with Gasteiger partial charge in [0.1, 0.15) is 0 Å². The standard InChI is InChI=1S/C16H31N3/c1-5-7-18-8-6-16(13-15(18)4)19-11-9-17(10-12-19)14(2)3/h5,14-16H,1,6-13H2,2-4H3/t15-,16?/m1/s1. The van der Waals surface area contributed by atoms with E-state index in [0.717, 1.165) is 12.6 Å². The fraction of sp³-hybridized carbons (Fsp3) is 0.875. The molecule has 0 aliphatic carbocycles. The van der Waals surface area contributed by atoms with Crippen LogP contribution < -0.4 is 0 Å². The lowest BCUT2D eigenvalue weighted by Crippen LogP contribution is -2.55. The van der Waals surface area contributed by atoms with E-state index in [1.54, 1.807) is 0 Å². The zero-order valence-corrected chi connectivity index (χ0v) is 13.0. The molecule has 0 aromatic heterocycles. The summed E-state index contributed by atoms with van der Waals surface area (Å²) in [7, 11) is 0. The molecule has 2 rings (SSSR count). The Kier molecular flexibility index (Phi) is 5.43. The van der Waals surface area contributed by atoms with Crippen molar-refractivity contribution in [3.8, 4) is 0 Å². The van der Waals surface area contributed by atoms with Gasteiger partial charge in [-0.25, -0.2) is 0 Å². The van der Waals surface area contributed by atoms with Gasteiger partial charge in [0.15, 0.2) is 0 Å². The first-order valence-corrected chi connectivity index (χ1v) is 7.95. The van der Waals surface area contributed by atoms with Gasteiger partial charge in [-0.05, 0) is 33.6 Å². The molecule has 0 N–H and O–H groups in total. The van der Waals surface area contributed by atoms with Crippen molar-refractivity contribution in [3.05, 3.63) is 12.7 Å². The lowest BCUT2D eigenvalue weighted by Gasteiger charge is -2.45. The Labute approximate surface area is 119 Å². The molecule has 110 valence electrons. The molecule has 3 heteroatoms. The summed E-state index contributed by atoms with van der Waals surface area (Å²) >= 11 is 0. The van der Waals surface area contributed by atoms with Crippen molar-refractivity contribution >= 4 is 0 Å². The first kappa shape index (κ1) is 15.0. The number of nitrogens with zero attached hydrogens (tertiary/aromatic N) is 3. The lowest BCUT2D eigenvalue weighted by molar-refractivity contribution is 0.0346. The molecule has 2 saturated heterocycles. The summed E-state index contributed by atoms with van der Waals surface area (Å²) in [6.07, 6.45) is 4.70. The van der Waals surface area contributed by atoms with Crippen LogP contribution in [0.5, 0.6) is 0 Å². The monoisotopic (exact) mass is 265 g/mol. The highest BCUT2D eigenvalue weighted by Gasteiger charge is 2.30. The summed E-state index contributed by atoms with van der Waals surface area (Å²) in [5.41, 5.74) is 0. The minimum atomic E-state index is 0.704. The Hall–Kier alpha value is -0.380. The van der Waals surface area contributed by atoms with Crippen molar-refractivity contribution in [2.24, 2.45) is 0 Å². The summed E-state index contributed by atoms with van der Waals surface area (Å²) in [6.45, 7) is 18.2. The van der Waals surface area contributed by atoms with Crippen molar-refractivity contribution < 1.29 is 0 Å². The van der Waals surface area contributed by atoms with Gasteiger partial charge in [0.05, 0.1) is 0 Å². The molecular formula is C16H31N3. The number of hydrogen-bond acceptors (Lipinski definition) is 3. The van der Waals surface area contributed by atoms with Crippen molar-refractivity contribution in [1.82, 2.24) is 14.7 Å². The van der Waals surface area contributed by atoms with Gasteiger partial charge in [-0.1, -0.05) is 6.08 Å². The molecular weight excluding hydrogens is 234 g/mol. The summed E-state index contributed by atoms with van der Waals surface area (Å²) < 4.78 is 0. The minimum absolute atomic E-state index is 0.704. The summed E-state index contributed by atoms with van der Waals surface area (Å²) in [6, 6.07) is 2.22.